The molecule has 0 fully saturated rings. The minimum absolute atomic E-state index is 0.224. The molecule has 2 aromatic carbocycles. The zero-order valence-corrected chi connectivity index (χ0v) is 14.5. The third kappa shape index (κ3) is 4.46. The number of carbonyl (C=O) groups is 2. The number of pyridine rings is 1. The second-order valence-corrected chi connectivity index (χ2v) is 5.96. The first kappa shape index (κ1) is 17.6. The van der Waals surface area contributed by atoms with Crippen LogP contribution in [0.5, 0.6) is 0 Å². The van der Waals surface area contributed by atoms with Crippen LogP contribution in [0.1, 0.15) is 26.3 Å². The molecular weight excluding hydrogens is 350 g/mol. The van der Waals surface area contributed by atoms with Gasteiger partial charge < -0.3 is 10.6 Å². The molecule has 130 valence electrons. The Hall–Kier alpha value is -3.18. The van der Waals surface area contributed by atoms with Gasteiger partial charge in [-0.25, -0.2) is 0 Å². The Balaban J connectivity index is 1.57. The molecule has 0 aliphatic heterocycles. The maximum absolute atomic E-state index is 12.1. The Morgan fingerprint density at radius 3 is 2.38 bits per heavy atom. The van der Waals surface area contributed by atoms with Crippen LogP contribution in [0.4, 0.5) is 5.69 Å². The molecule has 0 aliphatic carbocycles. The molecule has 1 aromatic heterocycles. The van der Waals surface area contributed by atoms with Crippen molar-refractivity contribution in [2.75, 3.05) is 5.32 Å². The highest BCUT2D eigenvalue weighted by molar-refractivity contribution is 6.33. The maximum atomic E-state index is 12.1. The van der Waals surface area contributed by atoms with E-state index in [2.05, 4.69) is 15.6 Å². The molecule has 0 radical (unpaired) electrons. The standard InChI is InChI=1S/C20H16ClN3O2/c21-18-6-2-1-5-17(18)20(26)23-12-14-7-9-16(10-8-14)24-19(25)15-4-3-11-22-13-15/h1-11,13H,12H2,(H,23,26)(H,24,25). The van der Waals surface area contributed by atoms with E-state index in [4.69, 9.17) is 11.6 Å². The molecule has 0 bridgehead atoms. The van der Waals surface area contributed by atoms with E-state index in [1.165, 1.54) is 6.20 Å². The van der Waals surface area contributed by atoms with E-state index in [0.29, 0.717) is 28.4 Å². The molecule has 26 heavy (non-hydrogen) atoms. The predicted molar refractivity (Wildman–Crippen MR) is 101 cm³/mol. The van der Waals surface area contributed by atoms with E-state index in [0.717, 1.165) is 5.56 Å². The van der Waals surface area contributed by atoms with Gasteiger partial charge in [-0.15, -0.1) is 0 Å². The Labute approximate surface area is 156 Å². The Morgan fingerprint density at radius 2 is 1.69 bits per heavy atom. The molecule has 3 aromatic rings. The van der Waals surface area contributed by atoms with Gasteiger partial charge in [-0.05, 0) is 42.0 Å². The number of nitrogens with one attached hydrogen (secondary N) is 2. The normalized spacial score (nSPS) is 10.2. The zero-order valence-electron chi connectivity index (χ0n) is 13.8. The highest BCUT2D eigenvalue weighted by atomic mass is 35.5. The molecule has 0 atom stereocenters. The Bertz CT molecular complexity index is 912. The monoisotopic (exact) mass is 365 g/mol. The fraction of sp³-hybridized carbons (Fsp3) is 0.0500. The number of anilines is 1. The average molecular weight is 366 g/mol. The highest BCUT2D eigenvalue weighted by Gasteiger charge is 2.09. The number of nitrogens with zero attached hydrogens (tertiary/aromatic N) is 1. The van der Waals surface area contributed by atoms with Crippen molar-refractivity contribution in [1.82, 2.24) is 10.3 Å². The molecule has 0 spiro atoms. The first-order chi connectivity index (χ1) is 12.6. The minimum atomic E-state index is -0.232. The summed E-state index contributed by atoms with van der Waals surface area (Å²) < 4.78 is 0. The largest absolute Gasteiger partial charge is 0.348 e. The Kier molecular flexibility index (Phi) is 5.61. The van der Waals surface area contributed by atoms with Gasteiger partial charge >= 0.3 is 0 Å². The van der Waals surface area contributed by atoms with E-state index in [1.807, 2.05) is 12.1 Å². The number of aromatic nitrogens is 1. The molecule has 6 heteroatoms. The lowest BCUT2D eigenvalue weighted by Gasteiger charge is -2.08. The van der Waals surface area contributed by atoms with Crippen molar-refractivity contribution in [1.29, 1.82) is 0 Å². The molecule has 2 amide bonds. The number of rotatable bonds is 5. The third-order valence-corrected chi connectivity index (χ3v) is 4.04. The van der Waals surface area contributed by atoms with Gasteiger partial charge in [-0.3, -0.25) is 14.6 Å². The first-order valence-corrected chi connectivity index (χ1v) is 8.34. The summed E-state index contributed by atoms with van der Waals surface area (Å²) in [6.45, 7) is 0.362. The minimum Gasteiger partial charge on any atom is -0.348 e. The van der Waals surface area contributed by atoms with Crippen molar-refractivity contribution in [2.45, 2.75) is 6.54 Å². The van der Waals surface area contributed by atoms with Crippen LogP contribution in [0.2, 0.25) is 5.02 Å². The summed E-state index contributed by atoms with van der Waals surface area (Å²) in [5.74, 6) is -0.456. The number of carbonyl (C=O) groups excluding carboxylic acids is 2. The number of hydrogen-bond donors (Lipinski definition) is 2. The number of amides is 2. The van der Waals surface area contributed by atoms with Crippen LogP contribution < -0.4 is 10.6 Å². The smallest absolute Gasteiger partial charge is 0.257 e. The lowest BCUT2D eigenvalue weighted by Crippen LogP contribution is -2.23. The van der Waals surface area contributed by atoms with Crippen molar-refractivity contribution in [2.24, 2.45) is 0 Å². The van der Waals surface area contributed by atoms with Crippen molar-refractivity contribution in [3.8, 4) is 0 Å². The van der Waals surface area contributed by atoms with Gasteiger partial charge in [0, 0.05) is 24.6 Å². The Morgan fingerprint density at radius 1 is 0.923 bits per heavy atom. The first-order valence-electron chi connectivity index (χ1n) is 7.96. The predicted octanol–water partition coefficient (Wildman–Crippen LogP) is 3.92. The van der Waals surface area contributed by atoms with Crippen LogP contribution in [0.15, 0.2) is 73.1 Å². The van der Waals surface area contributed by atoms with E-state index in [9.17, 15) is 9.59 Å². The van der Waals surface area contributed by atoms with Crippen LogP contribution in [-0.2, 0) is 6.54 Å². The second kappa shape index (κ2) is 8.27. The molecular formula is C20H16ClN3O2. The summed E-state index contributed by atoms with van der Waals surface area (Å²) in [5, 5.41) is 6.04. The third-order valence-electron chi connectivity index (χ3n) is 3.71. The topological polar surface area (TPSA) is 71.1 Å². The number of hydrogen-bond acceptors (Lipinski definition) is 3. The molecule has 3 rings (SSSR count). The summed E-state index contributed by atoms with van der Waals surface area (Å²) in [5.41, 5.74) is 2.50. The van der Waals surface area contributed by atoms with Gasteiger partial charge in [0.15, 0.2) is 0 Å². The van der Waals surface area contributed by atoms with E-state index >= 15 is 0 Å². The zero-order chi connectivity index (χ0) is 18.4. The van der Waals surface area contributed by atoms with Crippen LogP contribution in [0.25, 0.3) is 0 Å². The quantitative estimate of drug-likeness (QED) is 0.720. The molecule has 1 heterocycles. The molecule has 5 nitrogen and oxygen atoms in total. The summed E-state index contributed by atoms with van der Waals surface area (Å²) in [4.78, 5) is 28.2. The molecule has 2 N–H and O–H groups in total. The van der Waals surface area contributed by atoms with E-state index in [1.54, 1.807) is 54.7 Å². The van der Waals surface area contributed by atoms with Gasteiger partial charge in [-0.2, -0.15) is 0 Å². The SMILES string of the molecule is O=C(Nc1ccc(CNC(=O)c2ccccc2Cl)cc1)c1cccnc1. The lowest BCUT2D eigenvalue weighted by atomic mass is 10.1. The van der Waals surface area contributed by atoms with Gasteiger partial charge in [0.2, 0.25) is 0 Å². The second-order valence-electron chi connectivity index (χ2n) is 5.56. The van der Waals surface area contributed by atoms with Crippen molar-refractivity contribution < 1.29 is 9.59 Å². The van der Waals surface area contributed by atoms with Crippen molar-refractivity contribution >= 4 is 29.1 Å². The van der Waals surface area contributed by atoms with Crippen molar-refractivity contribution in [3.05, 3.63) is 94.8 Å². The van der Waals surface area contributed by atoms with Gasteiger partial charge in [0.25, 0.3) is 11.8 Å². The van der Waals surface area contributed by atoms with Crippen molar-refractivity contribution in [3.63, 3.8) is 0 Å². The average Bonchev–Trinajstić information content (AvgIpc) is 2.68. The summed E-state index contributed by atoms with van der Waals surface area (Å²) in [6.07, 6.45) is 3.12. The van der Waals surface area contributed by atoms with Crippen LogP contribution in [-0.4, -0.2) is 16.8 Å². The van der Waals surface area contributed by atoms with Crippen LogP contribution in [0.3, 0.4) is 0 Å². The fourth-order valence-electron chi connectivity index (χ4n) is 2.33. The molecule has 0 aliphatic rings. The maximum Gasteiger partial charge on any atom is 0.257 e. The lowest BCUT2D eigenvalue weighted by molar-refractivity contribution is 0.0950. The molecule has 0 unspecified atom stereocenters. The van der Waals surface area contributed by atoms with Crippen LogP contribution in [0, 0.1) is 0 Å². The van der Waals surface area contributed by atoms with Crippen LogP contribution >= 0.6 is 11.6 Å². The van der Waals surface area contributed by atoms with E-state index < -0.39 is 0 Å². The fourth-order valence-corrected chi connectivity index (χ4v) is 2.55. The van der Waals surface area contributed by atoms with Gasteiger partial charge in [-0.1, -0.05) is 35.9 Å². The summed E-state index contributed by atoms with van der Waals surface area (Å²) >= 11 is 6.02. The summed E-state index contributed by atoms with van der Waals surface area (Å²) in [6, 6.07) is 17.5. The summed E-state index contributed by atoms with van der Waals surface area (Å²) in [7, 11) is 0. The number of benzene rings is 2. The number of halogens is 1. The highest BCUT2D eigenvalue weighted by Crippen LogP contribution is 2.15. The molecule has 0 saturated heterocycles. The van der Waals surface area contributed by atoms with Gasteiger partial charge in [0.1, 0.15) is 0 Å². The van der Waals surface area contributed by atoms with Gasteiger partial charge in [0.05, 0.1) is 16.1 Å². The molecule has 0 saturated carbocycles. The van der Waals surface area contributed by atoms with E-state index in [-0.39, 0.29) is 11.8 Å².